The zero-order chi connectivity index (χ0) is 19.1. The number of carbonyl (C=O) groups excluding carboxylic acids is 3. The largest absolute Gasteiger partial charge is 0.462 e. The smallest absolute Gasteiger partial charge is 0.338 e. The van der Waals surface area contributed by atoms with Gasteiger partial charge in [0.1, 0.15) is 5.69 Å². The average Bonchev–Trinajstić information content (AvgIpc) is 2.62. The number of hydrogen-bond acceptors (Lipinski definition) is 5. The summed E-state index contributed by atoms with van der Waals surface area (Å²) in [5.74, 6) is -1.14. The molecule has 136 valence electrons. The molecule has 0 aliphatic heterocycles. The molecule has 2 aromatic rings. The lowest BCUT2D eigenvalue weighted by atomic mass is 10.1. The third kappa shape index (κ3) is 5.14. The number of carbonyl (C=O) groups is 3. The number of amides is 2. The molecular formula is C19H21N3O4. The Labute approximate surface area is 151 Å². The predicted octanol–water partition coefficient (Wildman–Crippen LogP) is 2.65. The molecule has 7 heteroatoms. The van der Waals surface area contributed by atoms with E-state index in [-0.39, 0.29) is 23.6 Å². The van der Waals surface area contributed by atoms with Crippen molar-refractivity contribution in [2.24, 2.45) is 0 Å². The van der Waals surface area contributed by atoms with E-state index in [2.05, 4.69) is 15.6 Å². The Balaban J connectivity index is 2.08. The van der Waals surface area contributed by atoms with E-state index in [4.69, 9.17) is 4.74 Å². The zero-order valence-corrected chi connectivity index (χ0v) is 14.9. The maximum absolute atomic E-state index is 12.4. The first-order valence-electron chi connectivity index (χ1n) is 8.26. The summed E-state index contributed by atoms with van der Waals surface area (Å²) in [6.07, 6.45) is 1.41. The molecule has 1 aromatic carbocycles. The SMILES string of the molecule is CCOC(=O)c1ccc(NC(=O)c2ccnc(C(=O)NC(C)C)c2)cc1. The van der Waals surface area contributed by atoms with Gasteiger partial charge in [-0.15, -0.1) is 0 Å². The minimum absolute atomic E-state index is 0.0281. The van der Waals surface area contributed by atoms with E-state index in [1.54, 1.807) is 31.2 Å². The van der Waals surface area contributed by atoms with E-state index in [9.17, 15) is 14.4 Å². The fourth-order valence-corrected chi connectivity index (χ4v) is 2.14. The van der Waals surface area contributed by atoms with Crippen molar-refractivity contribution in [3.05, 3.63) is 59.4 Å². The van der Waals surface area contributed by atoms with Gasteiger partial charge in [-0.3, -0.25) is 14.6 Å². The molecule has 1 aromatic heterocycles. The molecule has 0 saturated heterocycles. The molecule has 1 heterocycles. The molecule has 26 heavy (non-hydrogen) atoms. The standard InChI is InChI=1S/C19H21N3O4/c1-4-26-19(25)13-5-7-15(8-6-13)22-17(23)14-9-10-20-16(11-14)18(24)21-12(2)3/h5-12H,4H2,1-3H3,(H,21,24)(H,22,23). The Morgan fingerprint density at radius 1 is 1.04 bits per heavy atom. The molecule has 0 bridgehead atoms. The topological polar surface area (TPSA) is 97.4 Å². The molecule has 0 fully saturated rings. The summed E-state index contributed by atoms with van der Waals surface area (Å²) in [6.45, 7) is 5.71. The van der Waals surface area contributed by atoms with Gasteiger partial charge in [0.2, 0.25) is 0 Å². The first kappa shape index (κ1) is 19.1. The zero-order valence-electron chi connectivity index (χ0n) is 14.9. The lowest BCUT2D eigenvalue weighted by Crippen LogP contribution is -2.31. The van der Waals surface area contributed by atoms with Crippen LogP contribution in [0.5, 0.6) is 0 Å². The van der Waals surface area contributed by atoms with Crippen LogP contribution in [0.4, 0.5) is 5.69 Å². The number of anilines is 1. The normalized spacial score (nSPS) is 10.3. The van der Waals surface area contributed by atoms with Gasteiger partial charge in [-0.1, -0.05) is 0 Å². The van der Waals surface area contributed by atoms with Crippen LogP contribution in [-0.4, -0.2) is 35.4 Å². The molecule has 2 amide bonds. The van der Waals surface area contributed by atoms with E-state index in [1.807, 2.05) is 13.8 Å². The lowest BCUT2D eigenvalue weighted by molar-refractivity contribution is 0.0526. The van der Waals surface area contributed by atoms with Gasteiger partial charge >= 0.3 is 5.97 Å². The highest BCUT2D eigenvalue weighted by atomic mass is 16.5. The van der Waals surface area contributed by atoms with Crippen LogP contribution in [0, 0.1) is 0 Å². The minimum atomic E-state index is -0.416. The summed E-state index contributed by atoms with van der Waals surface area (Å²) in [7, 11) is 0. The maximum atomic E-state index is 12.4. The van der Waals surface area contributed by atoms with Crippen LogP contribution in [0.3, 0.4) is 0 Å². The Morgan fingerprint density at radius 2 is 1.73 bits per heavy atom. The number of rotatable bonds is 6. The summed E-state index contributed by atoms with van der Waals surface area (Å²) in [6, 6.07) is 9.28. The average molecular weight is 355 g/mol. The van der Waals surface area contributed by atoms with Gasteiger partial charge in [-0.2, -0.15) is 0 Å². The highest BCUT2D eigenvalue weighted by Gasteiger charge is 2.13. The first-order chi connectivity index (χ1) is 12.4. The Morgan fingerprint density at radius 3 is 2.35 bits per heavy atom. The molecular weight excluding hydrogens is 334 g/mol. The van der Waals surface area contributed by atoms with Gasteiger partial charge in [0.05, 0.1) is 12.2 Å². The fraction of sp³-hybridized carbons (Fsp3) is 0.263. The van der Waals surface area contributed by atoms with Crippen molar-refractivity contribution < 1.29 is 19.1 Å². The number of hydrogen-bond donors (Lipinski definition) is 2. The first-order valence-corrected chi connectivity index (χ1v) is 8.26. The second-order valence-corrected chi connectivity index (χ2v) is 5.81. The van der Waals surface area contributed by atoms with Crippen LogP contribution in [0.2, 0.25) is 0 Å². The van der Waals surface area contributed by atoms with Crippen LogP contribution in [0.1, 0.15) is 52.0 Å². The van der Waals surface area contributed by atoms with E-state index in [0.717, 1.165) is 0 Å². The summed E-state index contributed by atoms with van der Waals surface area (Å²) >= 11 is 0. The quantitative estimate of drug-likeness (QED) is 0.777. The van der Waals surface area contributed by atoms with E-state index in [0.29, 0.717) is 23.4 Å². The van der Waals surface area contributed by atoms with Gasteiger partial charge < -0.3 is 15.4 Å². The number of nitrogens with one attached hydrogen (secondary N) is 2. The highest BCUT2D eigenvalue weighted by Crippen LogP contribution is 2.13. The number of aromatic nitrogens is 1. The van der Waals surface area contributed by atoms with Crippen LogP contribution in [-0.2, 0) is 4.74 Å². The summed E-state index contributed by atoms with van der Waals surface area (Å²) in [4.78, 5) is 40.0. The van der Waals surface area contributed by atoms with Crippen molar-refractivity contribution in [3.8, 4) is 0 Å². The molecule has 0 aliphatic carbocycles. The molecule has 7 nitrogen and oxygen atoms in total. The number of benzene rings is 1. The predicted molar refractivity (Wildman–Crippen MR) is 97.2 cm³/mol. The number of nitrogens with zero attached hydrogens (tertiary/aromatic N) is 1. The van der Waals surface area contributed by atoms with Crippen LogP contribution in [0.25, 0.3) is 0 Å². The van der Waals surface area contributed by atoms with Crippen molar-refractivity contribution in [1.29, 1.82) is 0 Å². The third-order valence-corrected chi connectivity index (χ3v) is 3.33. The summed E-state index contributed by atoms with van der Waals surface area (Å²) < 4.78 is 4.91. The van der Waals surface area contributed by atoms with Crippen LogP contribution < -0.4 is 10.6 Å². The van der Waals surface area contributed by atoms with Crippen molar-refractivity contribution in [3.63, 3.8) is 0 Å². The van der Waals surface area contributed by atoms with Crippen molar-refractivity contribution in [2.75, 3.05) is 11.9 Å². The monoisotopic (exact) mass is 355 g/mol. The van der Waals surface area contributed by atoms with Crippen molar-refractivity contribution >= 4 is 23.5 Å². The number of ether oxygens (including phenoxy) is 1. The van der Waals surface area contributed by atoms with Gasteiger partial charge in [-0.05, 0) is 57.2 Å². The molecule has 2 N–H and O–H groups in total. The van der Waals surface area contributed by atoms with Gasteiger partial charge in [-0.25, -0.2) is 4.79 Å². The van der Waals surface area contributed by atoms with Gasteiger partial charge in [0, 0.05) is 23.5 Å². The molecule has 0 atom stereocenters. The van der Waals surface area contributed by atoms with E-state index in [1.165, 1.54) is 18.3 Å². The van der Waals surface area contributed by atoms with Crippen LogP contribution >= 0.6 is 0 Å². The molecule has 0 radical (unpaired) electrons. The summed E-state index contributed by atoms with van der Waals surface area (Å²) in [5.41, 5.74) is 1.40. The molecule has 0 saturated carbocycles. The molecule has 2 rings (SSSR count). The third-order valence-electron chi connectivity index (χ3n) is 3.33. The minimum Gasteiger partial charge on any atom is -0.462 e. The summed E-state index contributed by atoms with van der Waals surface area (Å²) in [5, 5.41) is 5.44. The Hall–Kier alpha value is -3.22. The highest BCUT2D eigenvalue weighted by molar-refractivity contribution is 6.05. The van der Waals surface area contributed by atoms with Crippen LogP contribution in [0.15, 0.2) is 42.6 Å². The van der Waals surface area contributed by atoms with Gasteiger partial charge in [0.25, 0.3) is 11.8 Å². The molecule has 0 unspecified atom stereocenters. The molecule has 0 aliphatic rings. The molecule has 0 spiro atoms. The van der Waals surface area contributed by atoms with E-state index < -0.39 is 5.97 Å². The Bertz CT molecular complexity index is 801. The van der Waals surface area contributed by atoms with Gasteiger partial charge in [0.15, 0.2) is 0 Å². The lowest BCUT2D eigenvalue weighted by Gasteiger charge is -2.09. The van der Waals surface area contributed by atoms with Crippen molar-refractivity contribution in [2.45, 2.75) is 26.8 Å². The number of pyridine rings is 1. The maximum Gasteiger partial charge on any atom is 0.338 e. The second kappa shape index (κ2) is 8.75. The Kier molecular flexibility index (Phi) is 6.43. The van der Waals surface area contributed by atoms with Crippen molar-refractivity contribution in [1.82, 2.24) is 10.3 Å². The second-order valence-electron chi connectivity index (χ2n) is 5.81. The fourth-order valence-electron chi connectivity index (χ4n) is 2.14. The number of esters is 1. The van der Waals surface area contributed by atoms with E-state index >= 15 is 0 Å².